The molecule has 2 aromatic heterocycles. The van der Waals surface area contributed by atoms with E-state index in [2.05, 4.69) is 25.5 Å². The number of nitrogens with zero attached hydrogens (tertiary/aromatic N) is 7. The SMILES string of the molecule is CC(C)(C)OC(=O)N1CC(OC(=O)/C=C\n2cnc(-c3cccc(Cl)c3)n2)C1.Cl.O=C(/C=C\n1cnc(-c2cccc(Cl)c2)n1)OC1CNC1. The zero-order valence-electron chi connectivity index (χ0n) is 27.3. The zero-order valence-corrected chi connectivity index (χ0v) is 29.6. The smallest absolute Gasteiger partial charge is 0.410 e. The fraction of sp³-hybridized carbons (Fsp3) is 0.303. The van der Waals surface area contributed by atoms with Crippen molar-refractivity contribution >= 4 is 66.0 Å². The Balaban J connectivity index is 0.000000229. The van der Waals surface area contributed by atoms with E-state index in [-0.39, 0.29) is 30.6 Å². The maximum absolute atomic E-state index is 11.9. The van der Waals surface area contributed by atoms with Crippen LogP contribution in [0.15, 0.2) is 73.3 Å². The largest absolute Gasteiger partial charge is 0.456 e. The number of rotatable bonds is 8. The number of hydrogen-bond acceptors (Lipinski definition) is 11. The maximum Gasteiger partial charge on any atom is 0.410 e. The lowest BCUT2D eigenvalue weighted by atomic mass is 10.2. The van der Waals surface area contributed by atoms with Gasteiger partial charge in [-0.05, 0) is 45.0 Å². The molecule has 0 unspecified atom stereocenters. The van der Waals surface area contributed by atoms with E-state index in [4.69, 9.17) is 37.4 Å². The Kier molecular flexibility index (Phi) is 13.1. The van der Waals surface area contributed by atoms with Gasteiger partial charge in [-0.25, -0.2) is 33.7 Å². The summed E-state index contributed by atoms with van der Waals surface area (Å²) in [5.74, 6) is 0.126. The molecule has 4 heterocycles. The summed E-state index contributed by atoms with van der Waals surface area (Å²) in [6.07, 6.45) is 7.76. The number of ether oxygens (including phenoxy) is 3. The summed E-state index contributed by atoms with van der Waals surface area (Å²) in [5.41, 5.74) is 1.04. The minimum atomic E-state index is -0.552. The minimum Gasteiger partial charge on any atom is -0.456 e. The lowest BCUT2D eigenvalue weighted by Gasteiger charge is -2.38. The Bertz CT molecular complexity index is 1840. The third-order valence-corrected chi connectivity index (χ3v) is 7.19. The van der Waals surface area contributed by atoms with E-state index in [1.165, 1.54) is 51.5 Å². The second-order valence-corrected chi connectivity index (χ2v) is 12.8. The van der Waals surface area contributed by atoms with Gasteiger partial charge in [0.25, 0.3) is 0 Å². The van der Waals surface area contributed by atoms with Crippen LogP contribution in [0.4, 0.5) is 4.79 Å². The van der Waals surface area contributed by atoms with E-state index in [1.54, 1.807) is 45.0 Å². The molecule has 6 rings (SSSR count). The monoisotopic (exact) mass is 744 g/mol. The van der Waals surface area contributed by atoms with Gasteiger partial charge in [-0.3, -0.25) is 0 Å². The summed E-state index contributed by atoms with van der Waals surface area (Å²) >= 11 is 11.9. The van der Waals surface area contributed by atoms with Crippen LogP contribution in [0.1, 0.15) is 20.8 Å². The number of hydrogen-bond donors (Lipinski definition) is 1. The van der Waals surface area contributed by atoms with E-state index < -0.39 is 17.7 Å². The molecule has 14 nitrogen and oxygen atoms in total. The Morgan fingerprint density at radius 3 is 1.70 bits per heavy atom. The van der Waals surface area contributed by atoms with Gasteiger partial charge in [0, 0.05) is 58.8 Å². The summed E-state index contributed by atoms with van der Waals surface area (Å²) in [6.45, 7) is 7.45. The van der Waals surface area contributed by atoms with Crippen molar-refractivity contribution in [3.05, 3.63) is 83.4 Å². The topological polar surface area (TPSA) is 156 Å². The predicted molar refractivity (Wildman–Crippen MR) is 189 cm³/mol. The number of carbonyl (C=O) groups is 3. The Morgan fingerprint density at radius 1 is 0.800 bits per heavy atom. The molecule has 1 N–H and O–H groups in total. The number of aromatic nitrogens is 6. The second-order valence-electron chi connectivity index (χ2n) is 11.9. The molecule has 1 amide bonds. The molecule has 2 saturated heterocycles. The van der Waals surface area contributed by atoms with Crippen LogP contribution >= 0.6 is 35.6 Å². The van der Waals surface area contributed by atoms with Crippen molar-refractivity contribution in [1.82, 2.24) is 39.7 Å². The van der Waals surface area contributed by atoms with Crippen molar-refractivity contribution in [2.24, 2.45) is 0 Å². The fourth-order valence-electron chi connectivity index (χ4n) is 4.23. The lowest BCUT2D eigenvalue weighted by Crippen LogP contribution is -2.56. The predicted octanol–water partition coefficient (Wildman–Crippen LogP) is 5.24. The van der Waals surface area contributed by atoms with Crippen molar-refractivity contribution in [2.75, 3.05) is 26.2 Å². The fourth-order valence-corrected chi connectivity index (χ4v) is 4.61. The normalized spacial score (nSPS) is 14.6. The molecule has 17 heteroatoms. The van der Waals surface area contributed by atoms with Crippen LogP contribution in [-0.2, 0) is 23.8 Å². The van der Waals surface area contributed by atoms with Crippen LogP contribution in [-0.4, -0.2) is 96.4 Å². The first-order valence-corrected chi connectivity index (χ1v) is 16.0. The molecule has 2 aliphatic heterocycles. The van der Waals surface area contributed by atoms with Crippen molar-refractivity contribution < 1.29 is 28.6 Å². The summed E-state index contributed by atoms with van der Waals surface area (Å²) in [7, 11) is 0. The number of amides is 1. The number of likely N-dealkylation sites (tertiary alicyclic amines) is 1. The van der Waals surface area contributed by atoms with E-state index in [9.17, 15) is 14.4 Å². The molecule has 0 spiro atoms. The molecule has 0 atom stereocenters. The summed E-state index contributed by atoms with van der Waals surface area (Å²) in [6, 6.07) is 14.4. The van der Waals surface area contributed by atoms with Crippen LogP contribution in [0.5, 0.6) is 0 Å². The van der Waals surface area contributed by atoms with Gasteiger partial charge in [-0.2, -0.15) is 0 Å². The summed E-state index contributed by atoms with van der Waals surface area (Å²) in [5, 5.41) is 12.7. The standard InChI is InChI=1S/C19H21ClN4O4.C14H13ClN4O2.ClH/c1-19(2,3)28-18(26)23-10-15(11-23)27-16(25)7-8-24-12-21-17(22-24)13-5-4-6-14(20)9-13;15-11-3-1-2-10(6-11)14-17-9-19(18-14)5-4-13(20)21-12-7-16-8-12;/h4-9,12,15H,10-11H2,1-3H3;1-6,9,12,16H,7-8H2;1H/b8-7-;5-4-;. The third-order valence-electron chi connectivity index (χ3n) is 6.72. The minimum absolute atomic E-state index is 0. The number of esters is 2. The number of carbonyl (C=O) groups excluding carboxylic acids is 3. The van der Waals surface area contributed by atoms with E-state index in [0.29, 0.717) is 47.9 Å². The third kappa shape index (κ3) is 11.4. The zero-order chi connectivity index (χ0) is 35.0. The highest BCUT2D eigenvalue weighted by molar-refractivity contribution is 6.31. The molecule has 2 fully saturated rings. The molecule has 0 aliphatic carbocycles. The molecule has 0 saturated carbocycles. The molecule has 50 heavy (non-hydrogen) atoms. The molecule has 2 aromatic carbocycles. The first-order valence-electron chi connectivity index (χ1n) is 15.2. The highest BCUT2D eigenvalue weighted by Gasteiger charge is 2.35. The van der Waals surface area contributed by atoms with Gasteiger partial charge in [-0.15, -0.1) is 22.6 Å². The Morgan fingerprint density at radius 2 is 1.28 bits per heavy atom. The maximum atomic E-state index is 11.9. The van der Waals surface area contributed by atoms with Crippen molar-refractivity contribution in [2.45, 2.75) is 38.6 Å². The molecular formula is C33H35Cl3N8O6. The molecule has 2 aliphatic rings. The van der Waals surface area contributed by atoms with Crippen LogP contribution in [0.25, 0.3) is 35.2 Å². The molecule has 264 valence electrons. The van der Waals surface area contributed by atoms with Crippen LogP contribution in [0, 0.1) is 0 Å². The van der Waals surface area contributed by atoms with Gasteiger partial charge in [-0.1, -0.05) is 47.5 Å². The van der Waals surface area contributed by atoms with Gasteiger partial charge < -0.3 is 24.4 Å². The Hall–Kier alpha value is -4.76. The first-order chi connectivity index (χ1) is 23.4. The molecule has 0 bridgehead atoms. The average molecular weight is 746 g/mol. The summed E-state index contributed by atoms with van der Waals surface area (Å²) in [4.78, 5) is 45.1. The highest BCUT2D eigenvalue weighted by Crippen LogP contribution is 2.21. The van der Waals surface area contributed by atoms with E-state index in [1.807, 2.05) is 24.3 Å². The summed E-state index contributed by atoms with van der Waals surface area (Å²) < 4.78 is 18.5. The van der Waals surface area contributed by atoms with Crippen molar-refractivity contribution in [3.63, 3.8) is 0 Å². The lowest BCUT2D eigenvalue weighted by molar-refractivity contribution is -0.150. The molecular weight excluding hydrogens is 711 g/mol. The van der Waals surface area contributed by atoms with Crippen LogP contribution in [0.3, 0.4) is 0 Å². The van der Waals surface area contributed by atoms with Crippen LogP contribution in [0.2, 0.25) is 10.0 Å². The van der Waals surface area contributed by atoms with Gasteiger partial charge in [0.15, 0.2) is 11.6 Å². The molecule has 4 aromatic rings. The second kappa shape index (κ2) is 17.3. The highest BCUT2D eigenvalue weighted by atomic mass is 35.5. The average Bonchev–Trinajstić information content (AvgIpc) is 3.68. The van der Waals surface area contributed by atoms with Crippen LogP contribution < -0.4 is 5.32 Å². The first kappa shape index (κ1) is 38.0. The van der Waals surface area contributed by atoms with Gasteiger partial charge in [0.1, 0.15) is 30.5 Å². The van der Waals surface area contributed by atoms with Gasteiger partial charge in [0.2, 0.25) is 0 Å². The van der Waals surface area contributed by atoms with Gasteiger partial charge >= 0.3 is 18.0 Å². The quantitative estimate of drug-likeness (QED) is 0.143. The Labute approximate surface area is 304 Å². The number of nitrogens with one attached hydrogen (secondary N) is 1. The van der Waals surface area contributed by atoms with Gasteiger partial charge in [0.05, 0.1) is 13.1 Å². The van der Waals surface area contributed by atoms with Crippen molar-refractivity contribution in [1.29, 1.82) is 0 Å². The number of benzene rings is 2. The van der Waals surface area contributed by atoms with E-state index in [0.717, 1.165) is 11.1 Å². The number of halogens is 3. The van der Waals surface area contributed by atoms with E-state index >= 15 is 0 Å². The van der Waals surface area contributed by atoms with Crippen molar-refractivity contribution in [3.8, 4) is 22.8 Å². The molecule has 0 radical (unpaired) electrons.